The van der Waals surface area contributed by atoms with Gasteiger partial charge in [0.2, 0.25) is 0 Å². The molecule has 0 N–H and O–H groups in total. The van der Waals surface area contributed by atoms with Crippen LogP contribution in [0.3, 0.4) is 0 Å². The lowest BCUT2D eigenvalue weighted by atomic mass is 10.2. The van der Waals surface area contributed by atoms with Crippen molar-refractivity contribution in [3.63, 3.8) is 0 Å². The van der Waals surface area contributed by atoms with Gasteiger partial charge in [0, 0.05) is 10.4 Å². The van der Waals surface area contributed by atoms with E-state index in [-0.39, 0.29) is 12.4 Å². The van der Waals surface area contributed by atoms with Gasteiger partial charge in [-0.1, -0.05) is 6.07 Å². The summed E-state index contributed by atoms with van der Waals surface area (Å²) < 4.78 is 7.17. The molecule has 2 nitrogen and oxygen atoms in total. The number of ketones is 1. The van der Waals surface area contributed by atoms with E-state index < -0.39 is 0 Å². The van der Waals surface area contributed by atoms with Crippen LogP contribution in [0.2, 0.25) is 0 Å². The fourth-order valence-corrected chi connectivity index (χ4v) is 4.74. The van der Waals surface area contributed by atoms with E-state index >= 15 is 0 Å². The number of ether oxygens (including phenoxy) is 1. The summed E-state index contributed by atoms with van der Waals surface area (Å²) in [4.78, 5) is 13.0. The minimum absolute atomic E-state index is 0.00428. The predicted octanol–water partition coefficient (Wildman–Crippen LogP) is 4.73. The average Bonchev–Trinajstić information content (AvgIpc) is 2.88. The third kappa shape index (κ3) is 3.72. The van der Waals surface area contributed by atoms with E-state index in [1.807, 2.05) is 23.6 Å². The maximum Gasteiger partial charge on any atom is 0.190 e. The maximum atomic E-state index is 11.8. The van der Waals surface area contributed by atoms with Crippen LogP contribution in [-0.4, -0.2) is 12.4 Å². The van der Waals surface area contributed by atoms with E-state index in [1.165, 1.54) is 11.3 Å². The van der Waals surface area contributed by atoms with Crippen LogP contribution in [0.4, 0.5) is 0 Å². The number of Topliss-reactive ketones (excluding diaryl/α,β-unsaturated/α-hetero) is 1. The number of rotatable bonds is 5. The van der Waals surface area contributed by atoms with E-state index in [9.17, 15) is 4.79 Å². The first-order valence-corrected chi connectivity index (χ1v) is 8.03. The standard InChI is InChI=1S/C11H8Br2O2S2/c12-10-4-8(11(13)17-10)9(14)6-15-5-7-2-1-3-16-7/h1-4H,5-6H2. The van der Waals surface area contributed by atoms with Gasteiger partial charge in [0.05, 0.1) is 14.2 Å². The fourth-order valence-electron chi connectivity index (χ4n) is 1.25. The zero-order valence-electron chi connectivity index (χ0n) is 8.61. The van der Waals surface area contributed by atoms with E-state index in [1.54, 1.807) is 11.3 Å². The zero-order valence-corrected chi connectivity index (χ0v) is 13.4. The highest BCUT2D eigenvalue weighted by molar-refractivity contribution is 9.12. The lowest BCUT2D eigenvalue weighted by Gasteiger charge is -2.01. The molecule has 17 heavy (non-hydrogen) atoms. The molecule has 0 amide bonds. The van der Waals surface area contributed by atoms with Crippen LogP contribution in [0.25, 0.3) is 0 Å². The Bertz CT molecular complexity index is 506. The molecule has 0 saturated carbocycles. The lowest BCUT2D eigenvalue weighted by Crippen LogP contribution is -2.08. The normalized spacial score (nSPS) is 10.7. The smallest absolute Gasteiger partial charge is 0.190 e. The van der Waals surface area contributed by atoms with Gasteiger partial charge >= 0.3 is 0 Å². The summed E-state index contributed by atoms with van der Waals surface area (Å²) in [6.07, 6.45) is 0. The molecule has 6 heteroatoms. The van der Waals surface area contributed by atoms with Crippen LogP contribution in [0.5, 0.6) is 0 Å². The Morgan fingerprint density at radius 1 is 1.41 bits per heavy atom. The molecule has 0 saturated heterocycles. The molecular weight excluding hydrogens is 388 g/mol. The third-order valence-electron chi connectivity index (χ3n) is 2.01. The summed E-state index contributed by atoms with van der Waals surface area (Å²) >= 11 is 9.83. The summed E-state index contributed by atoms with van der Waals surface area (Å²) in [5.74, 6) is -0.00428. The van der Waals surface area contributed by atoms with Crippen molar-refractivity contribution in [2.45, 2.75) is 6.61 Å². The van der Waals surface area contributed by atoms with Gasteiger partial charge in [0.1, 0.15) is 6.61 Å². The molecule has 0 unspecified atom stereocenters. The first kappa shape index (κ1) is 13.4. The van der Waals surface area contributed by atoms with Gasteiger partial charge < -0.3 is 4.74 Å². The largest absolute Gasteiger partial charge is 0.368 e. The Hall–Kier alpha value is -0.0100. The Balaban J connectivity index is 1.87. The minimum atomic E-state index is -0.00428. The highest BCUT2D eigenvalue weighted by Gasteiger charge is 2.13. The summed E-state index contributed by atoms with van der Waals surface area (Å²) in [6.45, 7) is 0.603. The predicted molar refractivity (Wildman–Crippen MR) is 78.0 cm³/mol. The molecule has 2 heterocycles. The quantitative estimate of drug-likeness (QED) is 0.683. The van der Waals surface area contributed by atoms with Gasteiger partial charge in [0.25, 0.3) is 0 Å². The van der Waals surface area contributed by atoms with Crippen LogP contribution >= 0.6 is 54.5 Å². The molecule has 0 aliphatic rings. The molecule has 0 bridgehead atoms. The van der Waals surface area contributed by atoms with Crippen molar-refractivity contribution in [1.29, 1.82) is 0 Å². The van der Waals surface area contributed by atoms with Gasteiger partial charge in [0.15, 0.2) is 5.78 Å². The molecule has 0 radical (unpaired) electrons. The molecule has 0 atom stereocenters. The highest BCUT2D eigenvalue weighted by Crippen LogP contribution is 2.32. The Morgan fingerprint density at radius 3 is 2.82 bits per heavy atom. The molecule has 2 rings (SSSR count). The van der Waals surface area contributed by atoms with Crippen LogP contribution in [0.15, 0.2) is 31.2 Å². The number of carbonyl (C=O) groups excluding carboxylic acids is 1. The summed E-state index contributed by atoms with van der Waals surface area (Å²) in [5, 5.41) is 1.99. The molecule has 0 fully saturated rings. The van der Waals surface area contributed by atoms with Crippen molar-refractivity contribution in [3.05, 3.63) is 41.6 Å². The second-order valence-electron chi connectivity index (χ2n) is 3.23. The van der Waals surface area contributed by atoms with Gasteiger partial charge in [-0.05, 0) is 49.4 Å². The van der Waals surface area contributed by atoms with Crippen molar-refractivity contribution in [2.75, 3.05) is 6.61 Å². The summed E-state index contributed by atoms with van der Waals surface area (Å²) in [6, 6.07) is 5.77. The minimum Gasteiger partial charge on any atom is -0.368 e. The van der Waals surface area contributed by atoms with Crippen molar-refractivity contribution < 1.29 is 9.53 Å². The number of hydrogen-bond donors (Lipinski definition) is 0. The number of carbonyl (C=O) groups is 1. The molecule has 0 spiro atoms. The SMILES string of the molecule is O=C(COCc1cccs1)c1cc(Br)sc1Br. The van der Waals surface area contributed by atoms with E-state index in [0.717, 1.165) is 12.4 Å². The van der Waals surface area contributed by atoms with Crippen molar-refractivity contribution in [3.8, 4) is 0 Å². The first-order chi connectivity index (χ1) is 8.16. The lowest BCUT2D eigenvalue weighted by molar-refractivity contribution is 0.0731. The molecule has 2 aromatic rings. The summed E-state index contributed by atoms with van der Waals surface area (Å²) in [7, 11) is 0. The van der Waals surface area contributed by atoms with Gasteiger partial charge in [-0.2, -0.15) is 0 Å². The van der Waals surface area contributed by atoms with Crippen LogP contribution in [0.1, 0.15) is 15.2 Å². The van der Waals surface area contributed by atoms with Crippen molar-refractivity contribution in [2.24, 2.45) is 0 Å². The third-order valence-corrected chi connectivity index (χ3v) is 5.20. The molecule has 0 aromatic carbocycles. The van der Waals surface area contributed by atoms with Crippen LogP contribution in [-0.2, 0) is 11.3 Å². The van der Waals surface area contributed by atoms with Gasteiger partial charge in [-0.15, -0.1) is 22.7 Å². The average molecular weight is 396 g/mol. The monoisotopic (exact) mass is 394 g/mol. The Kier molecular flexibility index (Phi) is 4.93. The molecule has 0 aliphatic heterocycles. The molecule has 90 valence electrons. The second kappa shape index (κ2) is 6.24. The van der Waals surface area contributed by atoms with Gasteiger partial charge in [-0.25, -0.2) is 0 Å². The second-order valence-corrected chi connectivity index (χ2v) is 8.01. The van der Waals surface area contributed by atoms with Crippen molar-refractivity contribution >= 4 is 60.3 Å². The fraction of sp³-hybridized carbons (Fsp3) is 0.182. The number of thiophene rings is 2. The van der Waals surface area contributed by atoms with E-state index in [0.29, 0.717) is 12.2 Å². The first-order valence-electron chi connectivity index (χ1n) is 4.75. The Morgan fingerprint density at radius 2 is 2.24 bits per heavy atom. The molecule has 0 aliphatic carbocycles. The topological polar surface area (TPSA) is 26.3 Å². The van der Waals surface area contributed by atoms with Gasteiger partial charge in [-0.3, -0.25) is 4.79 Å². The zero-order chi connectivity index (χ0) is 12.3. The van der Waals surface area contributed by atoms with E-state index in [4.69, 9.17) is 4.74 Å². The van der Waals surface area contributed by atoms with E-state index in [2.05, 4.69) is 31.9 Å². The molecule has 2 aromatic heterocycles. The highest BCUT2D eigenvalue weighted by atomic mass is 79.9. The maximum absolute atomic E-state index is 11.8. The summed E-state index contributed by atoms with van der Waals surface area (Å²) in [5.41, 5.74) is 0.674. The van der Waals surface area contributed by atoms with Crippen LogP contribution in [0, 0.1) is 0 Å². The molecular formula is C11H8Br2O2S2. The van der Waals surface area contributed by atoms with Crippen LogP contribution < -0.4 is 0 Å². The van der Waals surface area contributed by atoms with Crippen molar-refractivity contribution in [1.82, 2.24) is 0 Å². The number of halogens is 2. The number of hydrogen-bond acceptors (Lipinski definition) is 4. The Labute approximate surface area is 124 Å².